The van der Waals surface area contributed by atoms with E-state index in [2.05, 4.69) is 317 Å². The van der Waals surface area contributed by atoms with Crippen LogP contribution < -0.4 is 0 Å². The maximum absolute atomic E-state index is 6.49. The standard InChI is InChI=1S/C64H80I10O12/c65-26-47-11-48(27-66)17-57(16-47)36-75-1-3-80-41-62(84-8-5-77-38-59-20-51(30-69)13-52(21-59)31-70)43-82-45-64(86-10-7-79-40-61-24-55(34-73)15-56(25-61)35-74)46-83-44-63(85-9-6-78-39-60-22-53(32-71)14-54(23-60)33-72)42-81-4-2-76-37-58-18-49(28-67)12-50(19-58)29-68/h11-25,62-64H,1-10,26-46H2. The molecule has 86 heavy (non-hydrogen) atoms. The van der Waals surface area contributed by atoms with E-state index in [0.717, 1.165) is 49.8 Å². The van der Waals surface area contributed by atoms with Crippen LogP contribution in [-0.4, -0.2) is 124 Å². The highest BCUT2D eigenvalue weighted by Crippen LogP contribution is 2.22. The van der Waals surface area contributed by atoms with Gasteiger partial charge in [0.05, 0.1) is 139 Å². The van der Waals surface area contributed by atoms with Crippen LogP contribution in [0.1, 0.15) is 83.5 Å². The quantitative estimate of drug-likeness (QED) is 0.0210. The van der Waals surface area contributed by atoms with E-state index in [1.807, 2.05) is 0 Å². The Kier molecular flexibility index (Phi) is 46.6. The number of ether oxygens (including phenoxy) is 12. The second kappa shape index (κ2) is 50.3. The molecule has 0 aliphatic heterocycles. The normalized spacial score (nSPS) is 12.8. The molecular formula is C64H80I10O12. The fourth-order valence-electron chi connectivity index (χ4n) is 8.92. The van der Waals surface area contributed by atoms with Gasteiger partial charge in [-0.15, -0.1) is 0 Å². The lowest BCUT2D eigenvalue weighted by Gasteiger charge is -2.23. The molecule has 22 heteroatoms. The van der Waals surface area contributed by atoms with Crippen LogP contribution >= 0.6 is 226 Å². The molecule has 0 amide bonds. The zero-order valence-electron chi connectivity index (χ0n) is 48.5. The monoisotopic (exact) mass is 2310 g/mol. The molecule has 478 valence electrons. The van der Waals surface area contributed by atoms with E-state index in [9.17, 15) is 0 Å². The third-order valence-corrected chi connectivity index (χ3v) is 21.6. The zero-order valence-corrected chi connectivity index (χ0v) is 70.1. The fourth-order valence-corrected chi connectivity index (χ4v) is 13.3. The zero-order chi connectivity index (χ0) is 61.4. The minimum absolute atomic E-state index is 0.253. The summed E-state index contributed by atoms with van der Waals surface area (Å²) in [6, 6.07) is 33.5. The van der Waals surface area contributed by atoms with Crippen LogP contribution in [0.4, 0.5) is 0 Å². The summed E-state index contributed by atoms with van der Waals surface area (Å²) in [5.41, 5.74) is 18.9. The molecule has 0 fully saturated rings. The van der Waals surface area contributed by atoms with Crippen LogP contribution in [0.15, 0.2) is 91.0 Å². The first-order valence-electron chi connectivity index (χ1n) is 28.4. The molecule has 5 aromatic rings. The summed E-state index contributed by atoms with van der Waals surface area (Å²) < 4.78 is 84.9. The Bertz CT molecular complexity index is 2370. The number of rotatable bonds is 50. The van der Waals surface area contributed by atoms with E-state index in [0.29, 0.717) is 112 Å². The van der Waals surface area contributed by atoms with E-state index in [1.165, 1.54) is 77.9 Å². The number of halogens is 10. The van der Waals surface area contributed by atoms with E-state index in [4.69, 9.17) is 56.8 Å². The van der Waals surface area contributed by atoms with E-state index < -0.39 is 6.10 Å². The van der Waals surface area contributed by atoms with Crippen molar-refractivity contribution in [2.75, 3.05) is 106 Å². The minimum atomic E-state index is -0.420. The first-order valence-corrected chi connectivity index (χ1v) is 43.6. The predicted molar refractivity (Wildman–Crippen MR) is 430 cm³/mol. The van der Waals surface area contributed by atoms with Crippen LogP contribution in [0, 0.1) is 0 Å². The topological polar surface area (TPSA) is 111 Å². The van der Waals surface area contributed by atoms with E-state index in [-0.39, 0.29) is 38.6 Å². The molecule has 5 aromatic carbocycles. The van der Waals surface area contributed by atoms with Gasteiger partial charge in [0.2, 0.25) is 0 Å². The van der Waals surface area contributed by atoms with Crippen molar-refractivity contribution in [3.63, 3.8) is 0 Å². The van der Waals surface area contributed by atoms with Crippen molar-refractivity contribution in [3.8, 4) is 0 Å². The Morgan fingerprint density at radius 3 is 0.523 bits per heavy atom. The lowest BCUT2D eigenvalue weighted by Crippen LogP contribution is -2.34. The first kappa shape index (κ1) is 79.6. The minimum Gasteiger partial charge on any atom is -0.376 e. The van der Waals surface area contributed by atoms with E-state index >= 15 is 0 Å². The number of hydrogen-bond donors (Lipinski definition) is 0. The Hall–Kier alpha value is 2.92. The second-order valence-corrected chi connectivity index (χ2v) is 27.7. The molecule has 0 aliphatic carbocycles. The molecular weight excluding hydrogens is 2230 g/mol. The third kappa shape index (κ3) is 34.2. The van der Waals surface area contributed by atoms with Crippen molar-refractivity contribution >= 4 is 226 Å². The fraction of sp³-hybridized carbons (Fsp3) is 0.531. The summed E-state index contributed by atoms with van der Waals surface area (Å²) in [7, 11) is 0. The van der Waals surface area contributed by atoms with Gasteiger partial charge in [0.1, 0.15) is 18.3 Å². The van der Waals surface area contributed by atoms with Crippen LogP contribution in [0.2, 0.25) is 0 Å². The molecule has 0 saturated heterocycles. The van der Waals surface area contributed by atoms with Gasteiger partial charge < -0.3 is 56.8 Å². The largest absolute Gasteiger partial charge is 0.376 e. The van der Waals surface area contributed by atoms with Gasteiger partial charge in [0.25, 0.3) is 0 Å². The predicted octanol–water partition coefficient (Wildman–Crippen LogP) is 17.6. The summed E-state index contributed by atoms with van der Waals surface area (Å²) in [5.74, 6) is 0. The highest BCUT2D eigenvalue weighted by molar-refractivity contribution is 14.1. The average molecular weight is 2310 g/mol. The molecule has 0 radical (unpaired) electrons. The lowest BCUT2D eigenvalue weighted by atomic mass is 10.1. The molecule has 2 atom stereocenters. The van der Waals surface area contributed by atoms with Crippen LogP contribution in [0.3, 0.4) is 0 Å². The summed E-state index contributed by atoms with van der Waals surface area (Å²) in [4.78, 5) is 0. The van der Waals surface area contributed by atoms with Gasteiger partial charge in [-0.2, -0.15) is 0 Å². The molecule has 5 rings (SSSR count). The number of alkyl halides is 10. The van der Waals surface area contributed by atoms with Crippen LogP contribution in [0.25, 0.3) is 0 Å². The van der Waals surface area contributed by atoms with Gasteiger partial charge in [-0.3, -0.25) is 0 Å². The van der Waals surface area contributed by atoms with Gasteiger partial charge in [0, 0.05) is 44.3 Å². The molecule has 2 unspecified atom stereocenters. The van der Waals surface area contributed by atoms with Crippen LogP contribution in [0.5, 0.6) is 0 Å². The third-order valence-electron chi connectivity index (χ3n) is 12.8. The van der Waals surface area contributed by atoms with Gasteiger partial charge in [-0.05, 0) is 83.5 Å². The maximum atomic E-state index is 6.49. The van der Waals surface area contributed by atoms with Crippen molar-refractivity contribution in [2.45, 2.75) is 95.6 Å². The maximum Gasteiger partial charge on any atom is 0.104 e. The first-order chi connectivity index (χ1) is 42.1. The smallest absolute Gasteiger partial charge is 0.104 e. The molecule has 12 nitrogen and oxygen atoms in total. The molecule has 0 bridgehead atoms. The van der Waals surface area contributed by atoms with Crippen molar-refractivity contribution in [3.05, 3.63) is 174 Å². The Balaban J connectivity index is 1.20. The number of benzene rings is 5. The molecule has 0 aliphatic rings. The summed E-state index contributed by atoms with van der Waals surface area (Å²) in [6.07, 6.45) is -1.15. The van der Waals surface area contributed by atoms with E-state index in [1.54, 1.807) is 0 Å². The lowest BCUT2D eigenvalue weighted by molar-refractivity contribution is -0.120. The summed E-state index contributed by atoms with van der Waals surface area (Å²) in [5, 5.41) is 0. The number of hydrogen-bond acceptors (Lipinski definition) is 12. The SMILES string of the molecule is ICc1cc(CI)cc(COCCOCC(COCC(COCC(COCCOCc2cc(CI)cc(CI)c2)OCCOCc2cc(CI)cc(CI)c2)OCCOCc2cc(CI)cc(CI)c2)OCCOCc2cc(CI)cc(CI)c2)c1. The molecule has 0 spiro atoms. The Morgan fingerprint density at radius 1 is 0.186 bits per heavy atom. The van der Waals surface area contributed by atoms with Crippen molar-refractivity contribution in [1.29, 1.82) is 0 Å². The van der Waals surface area contributed by atoms with Gasteiger partial charge in [-0.25, -0.2) is 0 Å². The van der Waals surface area contributed by atoms with Gasteiger partial charge in [0.15, 0.2) is 0 Å². The Labute approximate surface area is 648 Å². The summed E-state index contributed by atoms with van der Waals surface area (Å²) >= 11 is 24.1. The van der Waals surface area contributed by atoms with Crippen LogP contribution in [-0.2, 0) is 134 Å². The van der Waals surface area contributed by atoms with Gasteiger partial charge >= 0.3 is 0 Å². The van der Waals surface area contributed by atoms with Crippen molar-refractivity contribution in [1.82, 2.24) is 0 Å². The second-order valence-electron chi connectivity index (χ2n) is 20.1. The van der Waals surface area contributed by atoms with Crippen molar-refractivity contribution in [2.24, 2.45) is 0 Å². The summed E-state index contributed by atoms with van der Waals surface area (Å²) in [6.45, 7) is 8.40. The highest BCUT2D eigenvalue weighted by Gasteiger charge is 2.18. The average Bonchev–Trinajstić information content (AvgIpc) is 3.73. The van der Waals surface area contributed by atoms with Gasteiger partial charge in [-0.1, -0.05) is 317 Å². The Morgan fingerprint density at radius 2 is 0.337 bits per heavy atom. The molecule has 0 saturated carbocycles. The van der Waals surface area contributed by atoms with Crippen molar-refractivity contribution < 1.29 is 56.8 Å². The molecule has 0 heterocycles. The molecule has 0 N–H and O–H groups in total. The molecule has 0 aromatic heterocycles. The highest BCUT2D eigenvalue weighted by atomic mass is 127.